The van der Waals surface area contributed by atoms with E-state index < -0.39 is 33.1 Å². The van der Waals surface area contributed by atoms with Crippen molar-refractivity contribution in [2.75, 3.05) is 11.5 Å². The van der Waals surface area contributed by atoms with Gasteiger partial charge in [-0.3, -0.25) is 10.1 Å². The number of carbonyl (C=O) groups is 2. The number of urea groups is 1. The summed E-state index contributed by atoms with van der Waals surface area (Å²) in [6.07, 6.45) is 2.28. The molecule has 0 aliphatic carbocycles. The average molecular weight is 324 g/mol. The molecule has 2 N–H and O–H groups in total. The van der Waals surface area contributed by atoms with Gasteiger partial charge < -0.3 is 5.32 Å². The molecule has 22 heavy (non-hydrogen) atoms. The zero-order chi connectivity index (χ0) is 16.2. The maximum atomic E-state index is 12.4. The second kappa shape index (κ2) is 6.48. The van der Waals surface area contributed by atoms with Crippen molar-refractivity contribution >= 4 is 21.8 Å². The maximum absolute atomic E-state index is 12.4. The molecule has 1 unspecified atom stereocenters. The van der Waals surface area contributed by atoms with Crippen molar-refractivity contribution in [3.05, 3.63) is 35.9 Å². The highest BCUT2D eigenvalue weighted by molar-refractivity contribution is 7.91. The van der Waals surface area contributed by atoms with Crippen molar-refractivity contribution in [1.29, 1.82) is 0 Å². The SMILES string of the molecule is CCCCCS(=O)(=O)CC1(c2ccccc2)NC(=O)NC1=O. The highest BCUT2D eigenvalue weighted by atomic mass is 32.2. The highest BCUT2D eigenvalue weighted by Gasteiger charge is 2.50. The number of hydrogen-bond acceptors (Lipinski definition) is 4. The average Bonchev–Trinajstić information content (AvgIpc) is 2.74. The van der Waals surface area contributed by atoms with Gasteiger partial charge in [-0.25, -0.2) is 13.2 Å². The van der Waals surface area contributed by atoms with Crippen LogP contribution in [0.15, 0.2) is 30.3 Å². The molecule has 0 spiro atoms. The Morgan fingerprint density at radius 1 is 1.09 bits per heavy atom. The Morgan fingerprint density at radius 2 is 1.77 bits per heavy atom. The monoisotopic (exact) mass is 324 g/mol. The summed E-state index contributed by atoms with van der Waals surface area (Å²) in [6, 6.07) is 7.80. The van der Waals surface area contributed by atoms with Crippen molar-refractivity contribution in [2.45, 2.75) is 31.7 Å². The minimum Gasteiger partial charge on any atom is -0.319 e. The van der Waals surface area contributed by atoms with E-state index in [4.69, 9.17) is 0 Å². The Labute approximate surface area is 130 Å². The molecule has 1 atom stereocenters. The van der Waals surface area contributed by atoms with Crippen LogP contribution < -0.4 is 10.6 Å². The van der Waals surface area contributed by atoms with E-state index in [9.17, 15) is 18.0 Å². The van der Waals surface area contributed by atoms with Gasteiger partial charge >= 0.3 is 6.03 Å². The van der Waals surface area contributed by atoms with Crippen LogP contribution in [0, 0.1) is 0 Å². The summed E-state index contributed by atoms with van der Waals surface area (Å²) in [7, 11) is -3.48. The molecule has 1 aliphatic heterocycles. The molecule has 1 heterocycles. The Morgan fingerprint density at radius 3 is 2.32 bits per heavy atom. The van der Waals surface area contributed by atoms with E-state index in [-0.39, 0.29) is 5.75 Å². The van der Waals surface area contributed by atoms with Gasteiger partial charge in [0.1, 0.15) is 0 Å². The fourth-order valence-corrected chi connectivity index (χ4v) is 4.39. The molecule has 1 aromatic carbocycles. The normalized spacial score (nSPS) is 21.5. The van der Waals surface area contributed by atoms with Gasteiger partial charge in [0.2, 0.25) is 0 Å². The van der Waals surface area contributed by atoms with Gasteiger partial charge in [0, 0.05) is 0 Å². The first-order valence-electron chi connectivity index (χ1n) is 7.29. The van der Waals surface area contributed by atoms with Gasteiger partial charge in [0.15, 0.2) is 15.4 Å². The summed E-state index contributed by atoms with van der Waals surface area (Å²) in [4.78, 5) is 23.8. The summed E-state index contributed by atoms with van der Waals surface area (Å²) in [5.41, 5.74) is -1.07. The van der Waals surface area contributed by atoms with Crippen LogP contribution in [0.4, 0.5) is 4.79 Å². The molecule has 0 radical (unpaired) electrons. The number of hydrogen-bond donors (Lipinski definition) is 2. The molecular weight excluding hydrogens is 304 g/mol. The topological polar surface area (TPSA) is 92.3 Å². The van der Waals surface area contributed by atoms with E-state index in [0.717, 1.165) is 12.8 Å². The van der Waals surface area contributed by atoms with E-state index in [1.54, 1.807) is 30.3 Å². The summed E-state index contributed by atoms with van der Waals surface area (Å²) >= 11 is 0. The van der Waals surface area contributed by atoms with Crippen LogP contribution in [-0.4, -0.2) is 31.9 Å². The van der Waals surface area contributed by atoms with Gasteiger partial charge in [-0.15, -0.1) is 0 Å². The summed E-state index contributed by atoms with van der Waals surface area (Å²) in [5, 5.41) is 4.64. The highest BCUT2D eigenvalue weighted by Crippen LogP contribution is 2.27. The van der Waals surface area contributed by atoms with Gasteiger partial charge in [-0.1, -0.05) is 50.1 Å². The fraction of sp³-hybridized carbons (Fsp3) is 0.467. The van der Waals surface area contributed by atoms with Crippen molar-refractivity contribution in [3.8, 4) is 0 Å². The molecule has 7 heteroatoms. The molecule has 120 valence electrons. The van der Waals surface area contributed by atoms with Crippen LogP contribution in [-0.2, 0) is 20.2 Å². The Bertz CT molecular complexity index is 657. The third-order valence-corrected chi connectivity index (χ3v) is 5.49. The van der Waals surface area contributed by atoms with Crippen molar-refractivity contribution in [3.63, 3.8) is 0 Å². The summed E-state index contributed by atoms with van der Waals surface area (Å²) in [5.74, 6) is -1.04. The predicted molar refractivity (Wildman–Crippen MR) is 83.0 cm³/mol. The van der Waals surface area contributed by atoms with Gasteiger partial charge in [0.05, 0.1) is 11.5 Å². The molecule has 0 bridgehead atoms. The van der Waals surface area contributed by atoms with Crippen LogP contribution >= 0.6 is 0 Å². The van der Waals surface area contributed by atoms with Crippen molar-refractivity contribution < 1.29 is 18.0 Å². The van der Waals surface area contributed by atoms with E-state index in [0.29, 0.717) is 12.0 Å². The van der Waals surface area contributed by atoms with Gasteiger partial charge in [-0.05, 0) is 12.0 Å². The van der Waals surface area contributed by atoms with Crippen LogP contribution in [0.1, 0.15) is 31.7 Å². The molecule has 3 amide bonds. The molecule has 1 aliphatic rings. The van der Waals surface area contributed by atoms with Crippen LogP contribution in [0.3, 0.4) is 0 Å². The molecular formula is C15H20N2O4S. The van der Waals surface area contributed by atoms with Crippen molar-refractivity contribution in [2.24, 2.45) is 0 Å². The second-order valence-corrected chi connectivity index (χ2v) is 7.66. The number of amides is 3. The minimum absolute atomic E-state index is 0.0125. The molecule has 2 rings (SSSR count). The van der Waals surface area contributed by atoms with Crippen LogP contribution in [0.25, 0.3) is 0 Å². The third-order valence-electron chi connectivity index (χ3n) is 3.70. The molecule has 0 aromatic heterocycles. The quantitative estimate of drug-likeness (QED) is 0.584. The number of sulfone groups is 1. The first-order chi connectivity index (χ1) is 10.4. The molecule has 1 saturated heterocycles. The molecule has 0 saturated carbocycles. The third kappa shape index (κ3) is 3.47. The number of benzene rings is 1. The predicted octanol–water partition coefficient (Wildman–Crippen LogP) is 1.33. The largest absolute Gasteiger partial charge is 0.322 e. The van der Waals surface area contributed by atoms with Crippen LogP contribution in [0.2, 0.25) is 0 Å². The Hall–Kier alpha value is -1.89. The number of imide groups is 1. The lowest BCUT2D eigenvalue weighted by Crippen LogP contribution is -2.49. The number of nitrogens with one attached hydrogen (secondary N) is 2. The smallest absolute Gasteiger partial charge is 0.319 e. The number of rotatable bonds is 7. The lowest BCUT2D eigenvalue weighted by atomic mass is 9.92. The van der Waals surface area contributed by atoms with E-state index in [2.05, 4.69) is 10.6 Å². The lowest BCUT2D eigenvalue weighted by Gasteiger charge is -2.26. The standard InChI is InChI=1S/C15H20N2O4S/c1-2-3-7-10-22(20,21)11-15(12-8-5-4-6-9-12)13(18)16-14(19)17-15/h4-6,8-9H,2-3,7,10-11H2,1H3,(H2,16,17,18,19). The zero-order valence-corrected chi connectivity index (χ0v) is 13.3. The van der Waals surface area contributed by atoms with E-state index in [1.165, 1.54) is 0 Å². The number of unbranched alkanes of at least 4 members (excludes halogenated alkanes) is 2. The lowest BCUT2D eigenvalue weighted by molar-refractivity contribution is -0.123. The summed E-state index contributed by atoms with van der Waals surface area (Å²) < 4.78 is 24.7. The minimum atomic E-state index is -3.48. The Kier molecular flexibility index (Phi) is 4.85. The number of carbonyl (C=O) groups excluding carboxylic acids is 2. The first-order valence-corrected chi connectivity index (χ1v) is 9.11. The zero-order valence-electron chi connectivity index (χ0n) is 12.5. The maximum Gasteiger partial charge on any atom is 0.322 e. The van der Waals surface area contributed by atoms with E-state index in [1.807, 2.05) is 6.92 Å². The van der Waals surface area contributed by atoms with Crippen molar-refractivity contribution in [1.82, 2.24) is 10.6 Å². The fourth-order valence-electron chi connectivity index (χ4n) is 2.58. The molecule has 6 nitrogen and oxygen atoms in total. The van der Waals surface area contributed by atoms with E-state index >= 15 is 0 Å². The molecule has 1 aromatic rings. The van der Waals surface area contributed by atoms with Gasteiger partial charge in [-0.2, -0.15) is 0 Å². The second-order valence-electron chi connectivity index (χ2n) is 5.48. The summed E-state index contributed by atoms with van der Waals surface area (Å²) in [6.45, 7) is 1.99. The van der Waals surface area contributed by atoms with Crippen LogP contribution in [0.5, 0.6) is 0 Å². The Balaban J connectivity index is 2.31. The molecule has 1 fully saturated rings. The van der Waals surface area contributed by atoms with Gasteiger partial charge in [0.25, 0.3) is 5.91 Å². The first kappa shape index (κ1) is 16.5.